The maximum absolute atomic E-state index is 9.86. The van der Waals surface area contributed by atoms with Crippen molar-refractivity contribution in [1.29, 1.82) is 5.26 Å². The van der Waals surface area contributed by atoms with Gasteiger partial charge in [0.15, 0.2) is 0 Å². The van der Waals surface area contributed by atoms with Crippen molar-refractivity contribution in [1.82, 2.24) is 0 Å². The summed E-state index contributed by atoms with van der Waals surface area (Å²) in [4.78, 5) is 0. The van der Waals surface area contributed by atoms with E-state index in [9.17, 15) is 5.11 Å². The van der Waals surface area contributed by atoms with Gasteiger partial charge in [0.2, 0.25) is 0 Å². The molecule has 0 aliphatic carbocycles. The Balaban J connectivity index is 2.71. The summed E-state index contributed by atoms with van der Waals surface area (Å²) in [5, 5.41) is 18.2. The molecule has 2 nitrogen and oxygen atoms in total. The summed E-state index contributed by atoms with van der Waals surface area (Å²) in [7, 11) is 0. The molecule has 0 aliphatic rings. The molecule has 1 rings (SSSR count). The number of rotatable bonds is 3. The van der Waals surface area contributed by atoms with Gasteiger partial charge in [-0.1, -0.05) is 43.3 Å². The minimum Gasteiger partial charge on any atom is -0.388 e. The van der Waals surface area contributed by atoms with Gasteiger partial charge in [-0.25, -0.2) is 0 Å². The first-order valence-corrected chi connectivity index (χ1v) is 4.55. The minimum atomic E-state index is -0.541. The van der Waals surface area contributed by atoms with Gasteiger partial charge in [-0.3, -0.25) is 0 Å². The van der Waals surface area contributed by atoms with E-state index in [1.807, 2.05) is 43.3 Å². The maximum Gasteiger partial charge on any atom is 0.0908 e. The maximum atomic E-state index is 9.86. The van der Waals surface area contributed by atoms with Crippen molar-refractivity contribution in [3.63, 3.8) is 0 Å². The highest BCUT2D eigenvalue weighted by atomic mass is 16.3. The van der Waals surface area contributed by atoms with Crippen molar-refractivity contribution in [3.8, 4) is 6.07 Å². The fourth-order valence-corrected chi connectivity index (χ4v) is 1.25. The van der Waals surface area contributed by atoms with Crippen molar-refractivity contribution in [2.24, 2.45) is 5.92 Å². The van der Waals surface area contributed by atoms with Gasteiger partial charge < -0.3 is 5.11 Å². The highest BCUT2D eigenvalue weighted by molar-refractivity contribution is 5.19. The van der Waals surface area contributed by atoms with Gasteiger partial charge in [-0.05, 0) is 5.56 Å². The summed E-state index contributed by atoms with van der Waals surface area (Å²) in [6.45, 7) is 1.88. The molecular formula is C12H13NO. The van der Waals surface area contributed by atoms with Crippen LogP contribution in [0.5, 0.6) is 0 Å². The number of allylic oxidation sites excluding steroid dienone is 1. The summed E-state index contributed by atoms with van der Waals surface area (Å²) in [5.74, 6) is -0.0444. The van der Waals surface area contributed by atoms with Crippen molar-refractivity contribution in [3.05, 3.63) is 48.0 Å². The van der Waals surface area contributed by atoms with Crippen molar-refractivity contribution >= 4 is 0 Å². The molecule has 1 aromatic rings. The Morgan fingerprint density at radius 2 is 2.00 bits per heavy atom. The van der Waals surface area contributed by atoms with E-state index in [2.05, 4.69) is 0 Å². The average Bonchev–Trinajstić information content (AvgIpc) is 2.26. The van der Waals surface area contributed by atoms with Crippen molar-refractivity contribution in [2.75, 3.05) is 0 Å². The molecular weight excluding hydrogens is 174 g/mol. The third-order valence-corrected chi connectivity index (χ3v) is 2.11. The summed E-state index contributed by atoms with van der Waals surface area (Å²) < 4.78 is 0. The Morgan fingerprint density at radius 1 is 1.36 bits per heavy atom. The van der Waals surface area contributed by atoms with Gasteiger partial charge in [0, 0.05) is 12.0 Å². The summed E-state index contributed by atoms with van der Waals surface area (Å²) in [6.07, 6.45) is 2.56. The van der Waals surface area contributed by atoms with E-state index >= 15 is 0 Å². The lowest BCUT2D eigenvalue weighted by molar-refractivity contribution is 0.139. The monoisotopic (exact) mass is 187 g/mol. The topological polar surface area (TPSA) is 44.0 Å². The zero-order chi connectivity index (χ0) is 10.4. The molecule has 0 heterocycles. The van der Waals surface area contributed by atoms with Crippen LogP contribution in [0, 0.1) is 17.2 Å². The van der Waals surface area contributed by atoms with E-state index in [4.69, 9.17) is 5.26 Å². The normalized spacial score (nSPS) is 14.9. The standard InChI is InChI=1S/C12H13NO/c1-10(6-5-9-13)12(14)11-7-3-2-4-8-11/h2-8,10,12,14H,1H3/b6-5+/t10-,12+/m1/s1. The van der Waals surface area contributed by atoms with Crippen LogP contribution in [0.25, 0.3) is 0 Å². The Hall–Kier alpha value is -1.59. The molecule has 1 N–H and O–H groups in total. The van der Waals surface area contributed by atoms with Crippen LogP contribution >= 0.6 is 0 Å². The third-order valence-electron chi connectivity index (χ3n) is 2.11. The number of nitriles is 1. The van der Waals surface area contributed by atoms with E-state index in [1.165, 1.54) is 6.08 Å². The van der Waals surface area contributed by atoms with Crippen LogP contribution < -0.4 is 0 Å². The smallest absolute Gasteiger partial charge is 0.0908 e. The molecule has 0 spiro atoms. The quantitative estimate of drug-likeness (QED) is 0.738. The molecule has 2 atom stereocenters. The second-order valence-corrected chi connectivity index (χ2v) is 3.20. The number of benzene rings is 1. The highest BCUT2D eigenvalue weighted by Crippen LogP contribution is 2.21. The molecule has 0 bridgehead atoms. The molecule has 1 aromatic carbocycles. The lowest BCUT2D eigenvalue weighted by Crippen LogP contribution is -2.06. The van der Waals surface area contributed by atoms with E-state index in [-0.39, 0.29) is 5.92 Å². The van der Waals surface area contributed by atoms with E-state index in [0.717, 1.165) is 5.56 Å². The number of hydrogen-bond acceptors (Lipinski definition) is 2. The Kier molecular flexibility index (Phi) is 3.90. The van der Waals surface area contributed by atoms with E-state index in [0.29, 0.717) is 0 Å². The number of aliphatic hydroxyl groups is 1. The summed E-state index contributed by atoms with van der Waals surface area (Å²) >= 11 is 0. The summed E-state index contributed by atoms with van der Waals surface area (Å²) in [6, 6.07) is 11.4. The van der Waals surface area contributed by atoms with Gasteiger partial charge in [0.25, 0.3) is 0 Å². The third kappa shape index (κ3) is 2.72. The Labute approximate surface area is 84.1 Å². The molecule has 0 saturated carbocycles. The predicted molar refractivity (Wildman–Crippen MR) is 55.3 cm³/mol. The van der Waals surface area contributed by atoms with Crippen LogP contribution in [-0.4, -0.2) is 5.11 Å². The Bertz CT molecular complexity index is 337. The van der Waals surface area contributed by atoms with Gasteiger partial charge in [-0.15, -0.1) is 0 Å². The van der Waals surface area contributed by atoms with Crippen LogP contribution in [0.3, 0.4) is 0 Å². The second-order valence-electron chi connectivity index (χ2n) is 3.20. The number of aliphatic hydroxyl groups excluding tert-OH is 1. The first kappa shape index (κ1) is 10.5. The molecule has 0 radical (unpaired) electrons. The van der Waals surface area contributed by atoms with Crippen LogP contribution in [0.15, 0.2) is 42.5 Å². The number of hydrogen-bond donors (Lipinski definition) is 1. The van der Waals surface area contributed by atoms with Crippen LogP contribution in [-0.2, 0) is 0 Å². The zero-order valence-corrected chi connectivity index (χ0v) is 8.09. The highest BCUT2D eigenvalue weighted by Gasteiger charge is 2.12. The SMILES string of the molecule is C[C@H](/C=C/C#N)[C@H](O)c1ccccc1. The average molecular weight is 187 g/mol. The molecule has 72 valence electrons. The first-order chi connectivity index (χ1) is 6.75. The Morgan fingerprint density at radius 3 is 2.57 bits per heavy atom. The molecule has 0 unspecified atom stereocenters. The van der Waals surface area contributed by atoms with Crippen LogP contribution in [0.2, 0.25) is 0 Å². The van der Waals surface area contributed by atoms with Gasteiger partial charge in [-0.2, -0.15) is 5.26 Å². The molecule has 0 amide bonds. The van der Waals surface area contributed by atoms with Crippen molar-refractivity contribution < 1.29 is 5.11 Å². The fourth-order valence-electron chi connectivity index (χ4n) is 1.25. The fraction of sp³-hybridized carbons (Fsp3) is 0.250. The molecule has 2 heteroatoms. The molecule has 0 aromatic heterocycles. The summed E-state index contributed by atoms with van der Waals surface area (Å²) in [5.41, 5.74) is 0.877. The van der Waals surface area contributed by atoms with E-state index in [1.54, 1.807) is 6.08 Å². The lowest BCUT2D eigenvalue weighted by atomic mass is 9.97. The zero-order valence-electron chi connectivity index (χ0n) is 8.09. The number of nitrogens with zero attached hydrogens (tertiary/aromatic N) is 1. The van der Waals surface area contributed by atoms with Crippen LogP contribution in [0.1, 0.15) is 18.6 Å². The largest absolute Gasteiger partial charge is 0.388 e. The van der Waals surface area contributed by atoms with Crippen molar-refractivity contribution in [2.45, 2.75) is 13.0 Å². The predicted octanol–water partition coefficient (Wildman–Crippen LogP) is 2.44. The van der Waals surface area contributed by atoms with Gasteiger partial charge in [0.05, 0.1) is 12.2 Å². The van der Waals surface area contributed by atoms with Gasteiger partial charge >= 0.3 is 0 Å². The molecule has 0 aliphatic heterocycles. The molecule has 0 fully saturated rings. The van der Waals surface area contributed by atoms with E-state index < -0.39 is 6.10 Å². The van der Waals surface area contributed by atoms with Gasteiger partial charge in [0.1, 0.15) is 0 Å². The first-order valence-electron chi connectivity index (χ1n) is 4.55. The lowest BCUT2D eigenvalue weighted by Gasteiger charge is -2.15. The second kappa shape index (κ2) is 5.21. The molecule has 14 heavy (non-hydrogen) atoms. The minimum absolute atomic E-state index is 0.0444. The molecule has 0 saturated heterocycles. The van der Waals surface area contributed by atoms with Crippen LogP contribution in [0.4, 0.5) is 0 Å².